The van der Waals surface area contributed by atoms with Crippen LogP contribution in [0.25, 0.3) is 0 Å². The van der Waals surface area contributed by atoms with Crippen LogP contribution in [0.15, 0.2) is 40.8 Å². The Bertz CT molecular complexity index is 716. The SMILES string of the molecule is O=C(NC1CCCCC1)C1=C(S(=O)(=O)Cc2ccccc2)CCC1. The van der Waals surface area contributed by atoms with Crippen LogP contribution in [-0.2, 0) is 20.4 Å². The van der Waals surface area contributed by atoms with Gasteiger partial charge >= 0.3 is 0 Å². The molecule has 130 valence electrons. The van der Waals surface area contributed by atoms with Gasteiger partial charge in [-0.1, -0.05) is 49.6 Å². The van der Waals surface area contributed by atoms with E-state index in [-0.39, 0.29) is 17.7 Å². The molecule has 0 aliphatic heterocycles. The molecule has 1 fully saturated rings. The quantitative estimate of drug-likeness (QED) is 0.887. The molecule has 4 nitrogen and oxygen atoms in total. The Morgan fingerprint density at radius 2 is 1.71 bits per heavy atom. The van der Waals surface area contributed by atoms with Crippen molar-refractivity contribution in [2.75, 3.05) is 0 Å². The highest BCUT2D eigenvalue weighted by Gasteiger charge is 2.31. The Morgan fingerprint density at radius 3 is 2.42 bits per heavy atom. The van der Waals surface area contributed by atoms with E-state index >= 15 is 0 Å². The third-order valence-corrected chi connectivity index (χ3v) is 6.87. The molecule has 1 aromatic rings. The molecule has 0 saturated heterocycles. The molecule has 0 radical (unpaired) electrons. The lowest BCUT2D eigenvalue weighted by atomic mass is 9.95. The summed E-state index contributed by atoms with van der Waals surface area (Å²) in [7, 11) is -3.43. The maximum atomic E-state index is 12.8. The summed E-state index contributed by atoms with van der Waals surface area (Å²) in [6, 6.07) is 9.38. The molecule has 2 aliphatic carbocycles. The van der Waals surface area contributed by atoms with E-state index in [1.54, 1.807) is 0 Å². The lowest BCUT2D eigenvalue weighted by Gasteiger charge is -2.23. The van der Waals surface area contributed by atoms with Gasteiger partial charge in [0, 0.05) is 11.6 Å². The van der Waals surface area contributed by atoms with E-state index in [1.165, 1.54) is 6.42 Å². The van der Waals surface area contributed by atoms with Crippen LogP contribution in [-0.4, -0.2) is 20.4 Å². The molecule has 1 saturated carbocycles. The van der Waals surface area contributed by atoms with Crippen molar-refractivity contribution in [3.8, 4) is 0 Å². The molecule has 0 atom stereocenters. The molecule has 2 aliphatic rings. The number of carbonyl (C=O) groups excluding carboxylic acids is 1. The van der Waals surface area contributed by atoms with Crippen molar-refractivity contribution in [1.29, 1.82) is 0 Å². The third-order valence-electron chi connectivity index (χ3n) is 4.96. The van der Waals surface area contributed by atoms with Crippen molar-refractivity contribution in [2.45, 2.75) is 63.2 Å². The number of sulfone groups is 1. The van der Waals surface area contributed by atoms with Crippen LogP contribution in [0.1, 0.15) is 56.9 Å². The minimum Gasteiger partial charge on any atom is -0.350 e. The summed E-state index contributed by atoms with van der Waals surface area (Å²) in [4.78, 5) is 13.0. The maximum Gasteiger partial charge on any atom is 0.248 e. The first-order valence-corrected chi connectivity index (χ1v) is 10.5. The Hall–Kier alpha value is -1.62. The molecule has 1 aromatic carbocycles. The molecule has 0 unspecified atom stereocenters. The minimum absolute atomic E-state index is 0.0244. The minimum atomic E-state index is -3.43. The van der Waals surface area contributed by atoms with E-state index in [0.717, 1.165) is 37.7 Å². The van der Waals surface area contributed by atoms with Gasteiger partial charge < -0.3 is 5.32 Å². The Kier molecular flexibility index (Phi) is 5.39. The number of rotatable bonds is 5. The molecule has 0 bridgehead atoms. The van der Waals surface area contributed by atoms with Crippen LogP contribution in [0.4, 0.5) is 0 Å². The van der Waals surface area contributed by atoms with Crippen molar-refractivity contribution in [2.24, 2.45) is 0 Å². The summed E-state index contributed by atoms with van der Waals surface area (Å²) in [5.74, 6) is -0.185. The fourth-order valence-electron chi connectivity index (χ4n) is 3.70. The molecular weight excluding hydrogens is 322 g/mol. The van der Waals surface area contributed by atoms with E-state index in [4.69, 9.17) is 0 Å². The predicted molar refractivity (Wildman–Crippen MR) is 95.0 cm³/mol. The van der Waals surface area contributed by atoms with Crippen LogP contribution in [0.3, 0.4) is 0 Å². The third kappa shape index (κ3) is 4.07. The Labute approximate surface area is 144 Å². The van der Waals surface area contributed by atoms with E-state index in [9.17, 15) is 13.2 Å². The zero-order valence-electron chi connectivity index (χ0n) is 14.0. The van der Waals surface area contributed by atoms with Crippen LogP contribution in [0.5, 0.6) is 0 Å². The van der Waals surface area contributed by atoms with Crippen LogP contribution in [0, 0.1) is 0 Å². The van der Waals surface area contributed by atoms with E-state index in [0.29, 0.717) is 23.3 Å². The van der Waals surface area contributed by atoms with Gasteiger partial charge in [-0.05, 0) is 37.7 Å². The summed E-state index contributed by atoms with van der Waals surface area (Å²) < 4.78 is 25.5. The number of allylic oxidation sites excluding steroid dienone is 1. The molecule has 0 heterocycles. The van der Waals surface area contributed by atoms with Crippen molar-refractivity contribution < 1.29 is 13.2 Å². The van der Waals surface area contributed by atoms with Gasteiger partial charge in [-0.3, -0.25) is 4.79 Å². The average molecular weight is 347 g/mol. The van der Waals surface area contributed by atoms with Gasteiger partial charge in [-0.25, -0.2) is 8.42 Å². The lowest BCUT2D eigenvalue weighted by Crippen LogP contribution is -2.37. The zero-order chi connectivity index (χ0) is 17.0. The fourth-order valence-corrected chi connectivity index (χ4v) is 5.53. The van der Waals surface area contributed by atoms with Crippen molar-refractivity contribution in [3.05, 3.63) is 46.4 Å². The number of amides is 1. The normalized spacial score (nSPS) is 19.5. The molecule has 1 N–H and O–H groups in total. The van der Waals surface area contributed by atoms with Crippen LogP contribution in [0.2, 0.25) is 0 Å². The first-order valence-electron chi connectivity index (χ1n) is 8.86. The molecular formula is C19H25NO3S. The standard InChI is InChI=1S/C19H25NO3S/c21-19(20-16-10-5-2-6-11-16)17-12-7-13-18(17)24(22,23)14-15-8-3-1-4-9-15/h1,3-4,8-9,16H,2,5-7,10-14H2,(H,20,21). The Balaban J connectivity index is 1.76. The molecule has 0 spiro atoms. The van der Waals surface area contributed by atoms with Gasteiger partial charge in [0.25, 0.3) is 0 Å². The largest absolute Gasteiger partial charge is 0.350 e. The highest BCUT2D eigenvalue weighted by atomic mass is 32.2. The summed E-state index contributed by atoms with van der Waals surface area (Å²) in [6.45, 7) is 0. The summed E-state index contributed by atoms with van der Waals surface area (Å²) in [6.07, 6.45) is 7.33. The van der Waals surface area contributed by atoms with Gasteiger partial charge in [0.15, 0.2) is 9.84 Å². The number of nitrogens with one attached hydrogen (secondary N) is 1. The van der Waals surface area contributed by atoms with E-state index < -0.39 is 9.84 Å². The number of benzene rings is 1. The van der Waals surface area contributed by atoms with Crippen molar-refractivity contribution >= 4 is 15.7 Å². The van der Waals surface area contributed by atoms with E-state index in [1.807, 2.05) is 30.3 Å². The predicted octanol–water partition coefficient (Wildman–Crippen LogP) is 3.49. The monoisotopic (exact) mass is 347 g/mol. The summed E-state index contributed by atoms with van der Waals surface area (Å²) in [5.41, 5.74) is 1.26. The zero-order valence-corrected chi connectivity index (χ0v) is 14.8. The fraction of sp³-hybridized carbons (Fsp3) is 0.526. The second-order valence-electron chi connectivity index (χ2n) is 6.81. The topological polar surface area (TPSA) is 63.2 Å². The molecule has 24 heavy (non-hydrogen) atoms. The molecule has 3 rings (SSSR count). The summed E-state index contributed by atoms with van der Waals surface area (Å²) >= 11 is 0. The Morgan fingerprint density at radius 1 is 1.00 bits per heavy atom. The second kappa shape index (κ2) is 7.51. The van der Waals surface area contributed by atoms with Crippen molar-refractivity contribution in [1.82, 2.24) is 5.32 Å². The first-order chi connectivity index (χ1) is 11.6. The smallest absolute Gasteiger partial charge is 0.248 e. The molecule has 5 heteroatoms. The van der Waals surface area contributed by atoms with Gasteiger partial charge in [0.1, 0.15) is 0 Å². The maximum absolute atomic E-state index is 12.8. The number of carbonyl (C=O) groups is 1. The molecule has 0 aromatic heterocycles. The molecule has 1 amide bonds. The van der Waals surface area contributed by atoms with E-state index in [2.05, 4.69) is 5.32 Å². The highest BCUT2D eigenvalue weighted by molar-refractivity contribution is 7.94. The highest BCUT2D eigenvalue weighted by Crippen LogP contribution is 2.32. The van der Waals surface area contributed by atoms with Gasteiger partial charge in [-0.2, -0.15) is 0 Å². The summed E-state index contributed by atoms with van der Waals surface area (Å²) in [5, 5.41) is 3.07. The van der Waals surface area contributed by atoms with Gasteiger partial charge in [-0.15, -0.1) is 0 Å². The van der Waals surface area contributed by atoms with Crippen molar-refractivity contribution in [3.63, 3.8) is 0 Å². The first kappa shape index (κ1) is 17.2. The lowest BCUT2D eigenvalue weighted by molar-refractivity contribution is -0.118. The van der Waals surface area contributed by atoms with Crippen LogP contribution >= 0.6 is 0 Å². The van der Waals surface area contributed by atoms with Gasteiger partial charge in [0.05, 0.1) is 10.7 Å². The van der Waals surface area contributed by atoms with Crippen LogP contribution < -0.4 is 5.32 Å². The second-order valence-corrected chi connectivity index (χ2v) is 8.82. The number of hydrogen-bond acceptors (Lipinski definition) is 3. The number of hydrogen-bond donors (Lipinski definition) is 1. The van der Waals surface area contributed by atoms with Gasteiger partial charge in [0.2, 0.25) is 5.91 Å². The average Bonchev–Trinajstić information content (AvgIpc) is 3.07.